The molecule has 4 nitrogen and oxygen atoms in total. The second-order valence-corrected chi connectivity index (χ2v) is 5.79. The predicted octanol–water partition coefficient (Wildman–Crippen LogP) is 2.72. The molecule has 1 fully saturated rings. The number of carboxylic acids is 1. The van der Waals surface area contributed by atoms with Gasteiger partial charge in [0.05, 0.1) is 10.6 Å². The number of hydrogen-bond donors (Lipinski definition) is 1. The minimum atomic E-state index is -0.969. The van der Waals surface area contributed by atoms with E-state index < -0.39 is 17.4 Å². The van der Waals surface area contributed by atoms with E-state index in [-0.39, 0.29) is 17.7 Å². The van der Waals surface area contributed by atoms with Crippen molar-refractivity contribution in [3.63, 3.8) is 0 Å². The number of nitrogens with zero attached hydrogens (tertiary/aromatic N) is 1. The first-order valence-electron chi connectivity index (χ1n) is 6.35. The molecular weight excluding hydrogens is 285 g/mol. The summed E-state index contributed by atoms with van der Waals surface area (Å²) in [7, 11) is 0. The number of likely N-dealkylation sites (tertiary alicyclic amines) is 1. The van der Waals surface area contributed by atoms with Crippen molar-refractivity contribution in [3.8, 4) is 0 Å². The van der Waals surface area contributed by atoms with E-state index in [0.29, 0.717) is 13.1 Å². The SMILES string of the molecule is CC(c1ccc(F)c(Cl)c1)N1CC(C)(OCC(=O)O)C1. The molecule has 20 heavy (non-hydrogen) atoms. The number of benzene rings is 1. The zero-order chi connectivity index (χ0) is 14.9. The van der Waals surface area contributed by atoms with Crippen molar-refractivity contribution in [1.82, 2.24) is 4.90 Å². The zero-order valence-electron chi connectivity index (χ0n) is 11.4. The molecular formula is C14H17ClFNO3. The maximum absolute atomic E-state index is 13.1. The van der Waals surface area contributed by atoms with Crippen LogP contribution in [0, 0.1) is 5.82 Å². The minimum absolute atomic E-state index is 0.0783. The largest absolute Gasteiger partial charge is 0.480 e. The lowest BCUT2D eigenvalue weighted by molar-refractivity contribution is -0.169. The van der Waals surface area contributed by atoms with Crippen molar-refractivity contribution in [1.29, 1.82) is 0 Å². The Morgan fingerprint density at radius 1 is 1.60 bits per heavy atom. The standard InChI is InChI=1S/C14H17ClFNO3/c1-9(10-3-4-12(16)11(15)5-10)17-7-14(2,8-17)20-6-13(18)19/h3-5,9H,6-8H2,1-2H3,(H,18,19). The average molecular weight is 302 g/mol. The van der Waals surface area contributed by atoms with Crippen LogP contribution in [-0.2, 0) is 9.53 Å². The lowest BCUT2D eigenvalue weighted by atomic mass is 9.92. The maximum Gasteiger partial charge on any atom is 0.329 e. The molecule has 1 N–H and O–H groups in total. The molecule has 1 unspecified atom stereocenters. The van der Waals surface area contributed by atoms with Crippen molar-refractivity contribution >= 4 is 17.6 Å². The van der Waals surface area contributed by atoms with Gasteiger partial charge in [0.25, 0.3) is 0 Å². The van der Waals surface area contributed by atoms with E-state index in [1.165, 1.54) is 6.07 Å². The second kappa shape index (κ2) is 5.68. The van der Waals surface area contributed by atoms with E-state index in [0.717, 1.165) is 5.56 Å². The van der Waals surface area contributed by atoms with Crippen LogP contribution in [0.25, 0.3) is 0 Å². The first-order valence-corrected chi connectivity index (χ1v) is 6.73. The Morgan fingerprint density at radius 2 is 2.25 bits per heavy atom. The summed E-state index contributed by atoms with van der Waals surface area (Å²) in [6.45, 7) is 4.87. The monoisotopic (exact) mass is 301 g/mol. The molecule has 1 saturated heterocycles. The van der Waals surface area contributed by atoms with Gasteiger partial charge in [-0.25, -0.2) is 9.18 Å². The Kier molecular flexibility index (Phi) is 4.32. The van der Waals surface area contributed by atoms with Gasteiger partial charge in [0.1, 0.15) is 12.4 Å². The fourth-order valence-electron chi connectivity index (χ4n) is 2.40. The van der Waals surface area contributed by atoms with Crippen LogP contribution in [0.5, 0.6) is 0 Å². The van der Waals surface area contributed by atoms with Gasteiger partial charge < -0.3 is 9.84 Å². The van der Waals surface area contributed by atoms with Gasteiger partial charge in [-0.2, -0.15) is 0 Å². The molecule has 0 aliphatic carbocycles. The molecule has 1 aromatic carbocycles. The van der Waals surface area contributed by atoms with Crippen LogP contribution in [0.4, 0.5) is 4.39 Å². The molecule has 1 heterocycles. The predicted molar refractivity (Wildman–Crippen MR) is 73.4 cm³/mol. The number of carbonyl (C=O) groups is 1. The molecule has 1 aliphatic rings. The molecule has 1 aromatic rings. The molecule has 2 rings (SSSR count). The Morgan fingerprint density at radius 3 is 2.80 bits per heavy atom. The fraction of sp³-hybridized carbons (Fsp3) is 0.500. The third kappa shape index (κ3) is 3.29. The number of carboxylic acid groups (broad SMARTS) is 1. The third-order valence-electron chi connectivity index (χ3n) is 3.59. The summed E-state index contributed by atoms with van der Waals surface area (Å²) in [6.07, 6.45) is 0. The molecule has 110 valence electrons. The highest BCUT2D eigenvalue weighted by Gasteiger charge is 2.42. The van der Waals surface area contributed by atoms with E-state index in [1.807, 2.05) is 13.8 Å². The van der Waals surface area contributed by atoms with E-state index in [4.69, 9.17) is 21.4 Å². The molecule has 1 atom stereocenters. The van der Waals surface area contributed by atoms with Crippen molar-refractivity contribution in [3.05, 3.63) is 34.6 Å². The number of ether oxygens (including phenoxy) is 1. The highest BCUT2D eigenvalue weighted by Crippen LogP contribution is 2.34. The minimum Gasteiger partial charge on any atom is -0.480 e. The van der Waals surface area contributed by atoms with Gasteiger partial charge in [0.2, 0.25) is 0 Å². The second-order valence-electron chi connectivity index (χ2n) is 5.39. The van der Waals surface area contributed by atoms with Gasteiger partial charge in [-0.3, -0.25) is 4.90 Å². The summed E-state index contributed by atoms with van der Waals surface area (Å²) in [5, 5.41) is 8.73. The normalized spacial score (nSPS) is 19.4. The van der Waals surface area contributed by atoms with E-state index in [9.17, 15) is 9.18 Å². The van der Waals surface area contributed by atoms with Gasteiger partial charge in [-0.1, -0.05) is 17.7 Å². The smallest absolute Gasteiger partial charge is 0.329 e. The van der Waals surface area contributed by atoms with E-state index in [1.54, 1.807) is 12.1 Å². The number of aliphatic carboxylic acids is 1. The van der Waals surface area contributed by atoms with Gasteiger partial charge in [0.15, 0.2) is 0 Å². The van der Waals surface area contributed by atoms with Gasteiger partial charge in [-0.05, 0) is 31.5 Å². The van der Waals surface area contributed by atoms with Crippen LogP contribution in [-0.4, -0.2) is 41.3 Å². The summed E-state index contributed by atoms with van der Waals surface area (Å²) < 4.78 is 18.5. The molecule has 0 spiro atoms. The summed E-state index contributed by atoms with van der Waals surface area (Å²) in [5.41, 5.74) is 0.493. The van der Waals surface area contributed by atoms with Crippen LogP contribution >= 0.6 is 11.6 Å². The first kappa shape index (κ1) is 15.2. The maximum atomic E-state index is 13.1. The van der Waals surface area contributed by atoms with Crippen LogP contribution in [0.15, 0.2) is 18.2 Å². The van der Waals surface area contributed by atoms with Crippen molar-refractivity contribution < 1.29 is 19.0 Å². The lowest BCUT2D eigenvalue weighted by Gasteiger charge is -2.50. The molecule has 0 bridgehead atoms. The Hall–Kier alpha value is -1.17. The zero-order valence-corrected chi connectivity index (χ0v) is 12.2. The first-order chi connectivity index (χ1) is 9.31. The van der Waals surface area contributed by atoms with Crippen LogP contribution < -0.4 is 0 Å². The quantitative estimate of drug-likeness (QED) is 0.908. The Bertz CT molecular complexity index is 517. The summed E-state index contributed by atoms with van der Waals surface area (Å²) in [4.78, 5) is 12.6. The third-order valence-corrected chi connectivity index (χ3v) is 3.88. The molecule has 0 amide bonds. The van der Waals surface area contributed by atoms with Gasteiger partial charge >= 0.3 is 5.97 Å². The van der Waals surface area contributed by atoms with Crippen molar-refractivity contribution in [2.75, 3.05) is 19.7 Å². The topological polar surface area (TPSA) is 49.8 Å². The highest BCUT2D eigenvalue weighted by atomic mass is 35.5. The molecule has 1 aliphatic heterocycles. The van der Waals surface area contributed by atoms with Gasteiger partial charge in [0, 0.05) is 19.1 Å². The Balaban J connectivity index is 1.94. The number of hydrogen-bond acceptors (Lipinski definition) is 3. The van der Waals surface area contributed by atoms with Crippen molar-refractivity contribution in [2.45, 2.75) is 25.5 Å². The fourth-order valence-corrected chi connectivity index (χ4v) is 2.59. The molecule has 0 radical (unpaired) electrons. The molecule has 0 aromatic heterocycles. The van der Waals surface area contributed by atoms with Crippen molar-refractivity contribution in [2.24, 2.45) is 0 Å². The average Bonchev–Trinajstić information content (AvgIpc) is 2.35. The molecule has 0 saturated carbocycles. The van der Waals surface area contributed by atoms with Gasteiger partial charge in [-0.15, -0.1) is 0 Å². The van der Waals surface area contributed by atoms with Crippen LogP contribution in [0.1, 0.15) is 25.5 Å². The summed E-state index contributed by atoms with van der Waals surface area (Å²) >= 11 is 5.78. The van der Waals surface area contributed by atoms with E-state index >= 15 is 0 Å². The molecule has 6 heteroatoms. The van der Waals surface area contributed by atoms with Crippen LogP contribution in [0.3, 0.4) is 0 Å². The Labute approximate surface area is 122 Å². The summed E-state index contributed by atoms with van der Waals surface area (Å²) in [6, 6.07) is 4.76. The summed E-state index contributed by atoms with van der Waals surface area (Å²) in [5.74, 6) is -1.40. The number of rotatable bonds is 5. The lowest BCUT2D eigenvalue weighted by Crippen LogP contribution is -2.62. The number of halogens is 2. The van der Waals surface area contributed by atoms with E-state index in [2.05, 4.69) is 4.90 Å². The highest BCUT2D eigenvalue weighted by molar-refractivity contribution is 6.30. The van der Waals surface area contributed by atoms with Crippen LogP contribution in [0.2, 0.25) is 5.02 Å².